The average Bonchev–Trinajstić information content (AvgIpc) is 2.73. The van der Waals surface area contributed by atoms with Crippen molar-refractivity contribution in [2.24, 2.45) is 0 Å². The molecule has 7 heteroatoms. The van der Waals surface area contributed by atoms with Gasteiger partial charge in [-0.2, -0.15) is 0 Å². The first-order valence-corrected chi connectivity index (χ1v) is 9.92. The van der Waals surface area contributed by atoms with Crippen molar-refractivity contribution in [1.29, 1.82) is 0 Å². The van der Waals surface area contributed by atoms with Gasteiger partial charge >= 0.3 is 11.7 Å². The van der Waals surface area contributed by atoms with Gasteiger partial charge < -0.3 is 4.74 Å². The molecule has 0 radical (unpaired) electrons. The van der Waals surface area contributed by atoms with Crippen molar-refractivity contribution in [2.75, 3.05) is 6.26 Å². The van der Waals surface area contributed by atoms with Crippen LogP contribution in [0.1, 0.15) is 11.1 Å². The second kappa shape index (κ2) is 9.23. The van der Waals surface area contributed by atoms with Crippen molar-refractivity contribution in [3.8, 4) is 0 Å². The van der Waals surface area contributed by atoms with Gasteiger partial charge in [0.05, 0.1) is 6.54 Å². The van der Waals surface area contributed by atoms with Gasteiger partial charge in [-0.15, -0.1) is 11.8 Å². The normalized spacial score (nSPS) is 10.6. The van der Waals surface area contributed by atoms with E-state index in [1.807, 2.05) is 60.9 Å². The zero-order valence-corrected chi connectivity index (χ0v) is 16.2. The van der Waals surface area contributed by atoms with E-state index in [2.05, 4.69) is 0 Å². The first-order chi connectivity index (χ1) is 13.6. The predicted molar refractivity (Wildman–Crippen MR) is 109 cm³/mol. The van der Waals surface area contributed by atoms with Gasteiger partial charge in [0.2, 0.25) is 0 Å². The zero-order valence-electron chi connectivity index (χ0n) is 15.4. The van der Waals surface area contributed by atoms with Gasteiger partial charge in [-0.1, -0.05) is 42.5 Å². The Morgan fingerprint density at radius 2 is 1.68 bits per heavy atom. The highest BCUT2D eigenvalue weighted by molar-refractivity contribution is 7.98. The number of thioether (sulfide) groups is 1. The van der Waals surface area contributed by atoms with Gasteiger partial charge in [0.15, 0.2) is 0 Å². The molecular formula is C21H20N2O4S. The molecule has 28 heavy (non-hydrogen) atoms. The summed E-state index contributed by atoms with van der Waals surface area (Å²) >= 11 is 1.63. The van der Waals surface area contributed by atoms with Gasteiger partial charge in [0.25, 0.3) is 5.56 Å². The fraction of sp³-hybridized carbons (Fsp3) is 0.190. The molecule has 144 valence electrons. The number of carbonyl (C=O) groups is 1. The van der Waals surface area contributed by atoms with Gasteiger partial charge in [0, 0.05) is 17.2 Å². The minimum atomic E-state index is -0.634. The summed E-state index contributed by atoms with van der Waals surface area (Å²) in [5, 5.41) is 0. The van der Waals surface area contributed by atoms with Crippen LogP contribution in [0, 0.1) is 0 Å². The summed E-state index contributed by atoms with van der Waals surface area (Å²) in [4.78, 5) is 37.9. The number of carbonyl (C=O) groups excluding carboxylic acids is 1. The molecule has 2 aromatic carbocycles. The lowest BCUT2D eigenvalue weighted by atomic mass is 10.2. The van der Waals surface area contributed by atoms with E-state index in [9.17, 15) is 14.4 Å². The van der Waals surface area contributed by atoms with Gasteiger partial charge in [-0.05, 0) is 29.5 Å². The fourth-order valence-corrected chi connectivity index (χ4v) is 3.07. The Labute approximate surface area is 166 Å². The molecule has 3 rings (SSSR count). The molecule has 0 saturated heterocycles. The van der Waals surface area contributed by atoms with Gasteiger partial charge in [0.1, 0.15) is 13.2 Å². The van der Waals surface area contributed by atoms with Gasteiger partial charge in [-0.25, -0.2) is 9.36 Å². The van der Waals surface area contributed by atoms with Crippen LogP contribution in [0.15, 0.2) is 81.3 Å². The molecule has 0 unspecified atom stereocenters. The van der Waals surface area contributed by atoms with E-state index in [0.717, 1.165) is 20.6 Å². The van der Waals surface area contributed by atoms with Crippen LogP contribution in [0.2, 0.25) is 0 Å². The maximum atomic E-state index is 12.6. The quantitative estimate of drug-likeness (QED) is 0.453. The molecule has 0 aliphatic carbocycles. The Balaban J connectivity index is 1.68. The number of benzene rings is 2. The molecule has 0 aliphatic heterocycles. The largest absolute Gasteiger partial charge is 0.459 e. The van der Waals surface area contributed by atoms with Crippen LogP contribution in [0.25, 0.3) is 0 Å². The molecular weight excluding hydrogens is 376 g/mol. The second-order valence-corrected chi connectivity index (χ2v) is 7.02. The van der Waals surface area contributed by atoms with Crippen LogP contribution in [0.3, 0.4) is 0 Å². The number of nitrogens with zero attached hydrogens (tertiary/aromatic N) is 2. The monoisotopic (exact) mass is 396 g/mol. The zero-order chi connectivity index (χ0) is 19.9. The number of hydrogen-bond donors (Lipinski definition) is 0. The number of hydrogen-bond acceptors (Lipinski definition) is 5. The van der Waals surface area contributed by atoms with Crippen molar-refractivity contribution in [2.45, 2.75) is 24.6 Å². The molecule has 0 fully saturated rings. The third kappa shape index (κ3) is 5.01. The molecule has 0 saturated carbocycles. The van der Waals surface area contributed by atoms with E-state index >= 15 is 0 Å². The maximum Gasteiger partial charge on any atom is 0.331 e. The number of rotatable bonds is 7. The highest BCUT2D eigenvalue weighted by Crippen LogP contribution is 2.15. The SMILES string of the molecule is CSc1ccc(COC(=O)Cn2c(=O)ccn(Cc3ccccc3)c2=O)cc1. The van der Waals surface area contributed by atoms with Crippen molar-refractivity contribution < 1.29 is 9.53 Å². The molecule has 0 amide bonds. The summed E-state index contributed by atoms with van der Waals surface area (Å²) < 4.78 is 7.51. The van der Waals surface area contributed by atoms with Crippen LogP contribution in [-0.4, -0.2) is 21.4 Å². The average molecular weight is 396 g/mol. The molecule has 0 spiro atoms. The van der Waals surface area contributed by atoms with E-state index in [-0.39, 0.29) is 6.61 Å². The third-order valence-electron chi connectivity index (χ3n) is 4.18. The lowest BCUT2D eigenvalue weighted by molar-refractivity contribution is -0.145. The number of ether oxygens (including phenoxy) is 1. The molecule has 0 N–H and O–H groups in total. The highest BCUT2D eigenvalue weighted by Gasteiger charge is 2.11. The van der Waals surface area contributed by atoms with E-state index < -0.39 is 23.8 Å². The van der Waals surface area contributed by atoms with E-state index in [0.29, 0.717) is 6.54 Å². The van der Waals surface area contributed by atoms with Crippen LogP contribution in [0.5, 0.6) is 0 Å². The summed E-state index contributed by atoms with van der Waals surface area (Å²) in [6, 6.07) is 18.3. The van der Waals surface area contributed by atoms with Crippen LogP contribution in [0.4, 0.5) is 0 Å². The lowest BCUT2D eigenvalue weighted by Crippen LogP contribution is -2.41. The molecule has 1 aromatic heterocycles. The van der Waals surface area contributed by atoms with E-state index in [1.54, 1.807) is 11.8 Å². The molecule has 0 atom stereocenters. The molecule has 6 nitrogen and oxygen atoms in total. The van der Waals surface area contributed by atoms with Gasteiger partial charge in [-0.3, -0.25) is 14.2 Å². The minimum Gasteiger partial charge on any atom is -0.459 e. The topological polar surface area (TPSA) is 70.3 Å². The van der Waals surface area contributed by atoms with E-state index in [1.165, 1.54) is 16.8 Å². The standard InChI is InChI=1S/C21H20N2O4S/c1-28-18-9-7-17(8-10-18)15-27-20(25)14-23-19(24)11-12-22(21(23)26)13-16-5-3-2-4-6-16/h2-12H,13-15H2,1H3. The minimum absolute atomic E-state index is 0.0906. The molecule has 0 aliphatic rings. The summed E-state index contributed by atoms with van der Waals surface area (Å²) in [5.41, 5.74) is 0.687. The maximum absolute atomic E-state index is 12.6. The third-order valence-corrected chi connectivity index (χ3v) is 4.93. The summed E-state index contributed by atoms with van der Waals surface area (Å²) in [6.45, 7) is -0.0136. The Morgan fingerprint density at radius 1 is 0.964 bits per heavy atom. The Bertz CT molecular complexity index is 1060. The summed E-state index contributed by atoms with van der Waals surface area (Å²) in [5.74, 6) is -0.634. The van der Waals surface area contributed by atoms with Crippen molar-refractivity contribution in [1.82, 2.24) is 9.13 Å². The molecule has 1 heterocycles. The Kier molecular flexibility index (Phi) is 6.49. The highest BCUT2D eigenvalue weighted by atomic mass is 32.2. The first kappa shape index (κ1) is 19.7. The van der Waals surface area contributed by atoms with Crippen molar-refractivity contribution in [3.05, 3.63) is 98.8 Å². The van der Waals surface area contributed by atoms with Crippen molar-refractivity contribution >= 4 is 17.7 Å². The lowest BCUT2D eigenvalue weighted by Gasteiger charge is -2.10. The molecule has 0 bridgehead atoms. The predicted octanol–water partition coefficient (Wildman–Crippen LogP) is 2.52. The van der Waals surface area contributed by atoms with Crippen LogP contribution < -0.4 is 11.2 Å². The Morgan fingerprint density at radius 3 is 2.36 bits per heavy atom. The fourth-order valence-electron chi connectivity index (χ4n) is 2.66. The van der Waals surface area contributed by atoms with E-state index in [4.69, 9.17) is 4.74 Å². The number of aromatic nitrogens is 2. The molecule has 3 aromatic rings. The first-order valence-electron chi connectivity index (χ1n) is 8.69. The van der Waals surface area contributed by atoms with Crippen LogP contribution in [-0.2, 0) is 29.2 Å². The number of esters is 1. The van der Waals surface area contributed by atoms with Crippen LogP contribution >= 0.6 is 11.8 Å². The summed E-state index contributed by atoms with van der Waals surface area (Å²) in [6.07, 6.45) is 3.42. The second-order valence-electron chi connectivity index (χ2n) is 6.14. The Hall–Kier alpha value is -3.06. The summed E-state index contributed by atoms with van der Waals surface area (Å²) in [7, 11) is 0. The smallest absolute Gasteiger partial charge is 0.331 e. The van der Waals surface area contributed by atoms with Crippen molar-refractivity contribution in [3.63, 3.8) is 0 Å².